The summed E-state index contributed by atoms with van der Waals surface area (Å²) in [5, 5.41) is 3.41. The predicted octanol–water partition coefficient (Wildman–Crippen LogP) is 3.12. The summed E-state index contributed by atoms with van der Waals surface area (Å²) in [6.07, 6.45) is 7.16. The summed E-state index contributed by atoms with van der Waals surface area (Å²) in [7, 11) is 0. The number of nitrogens with zero attached hydrogens (tertiary/aromatic N) is 4. The monoisotopic (exact) mass is 323 g/mol. The number of pyridine rings is 1. The Morgan fingerprint density at radius 3 is 2.79 bits per heavy atom. The van der Waals surface area contributed by atoms with Crippen LogP contribution in [-0.4, -0.2) is 24.7 Å². The Morgan fingerprint density at radius 1 is 1.29 bits per heavy atom. The van der Waals surface area contributed by atoms with Crippen LogP contribution in [-0.2, 0) is 6.42 Å². The third-order valence-electron chi connectivity index (χ3n) is 4.91. The zero-order valence-electron chi connectivity index (χ0n) is 14.0. The van der Waals surface area contributed by atoms with E-state index in [1.165, 1.54) is 12.8 Å². The second-order valence-corrected chi connectivity index (χ2v) is 6.47. The van der Waals surface area contributed by atoms with Gasteiger partial charge in [-0.3, -0.25) is 19.6 Å². The standard InChI is InChI=1S/C18H21N5O/c1-3-13-14-17(23(22-13)12-8-4-5-9-12)20-16(21-18(14)24)15-11(2)7-6-10-19-15/h6-7,10,12,22H,3-5,8-9H2,1-2H3. The second kappa shape index (κ2) is 5.85. The van der Waals surface area contributed by atoms with Crippen LogP contribution in [0.2, 0.25) is 0 Å². The van der Waals surface area contributed by atoms with Crippen molar-refractivity contribution in [3.05, 3.63) is 39.9 Å². The lowest BCUT2D eigenvalue weighted by atomic mass is 10.1. The lowest BCUT2D eigenvalue weighted by molar-refractivity contribution is 0.464. The second-order valence-electron chi connectivity index (χ2n) is 6.47. The van der Waals surface area contributed by atoms with Gasteiger partial charge in [0.25, 0.3) is 5.56 Å². The predicted molar refractivity (Wildman–Crippen MR) is 92.1 cm³/mol. The maximum Gasteiger partial charge on any atom is 0.284 e. The highest BCUT2D eigenvalue weighted by Crippen LogP contribution is 2.34. The number of aryl methyl sites for hydroxylation is 2. The Morgan fingerprint density at radius 2 is 2.08 bits per heavy atom. The first kappa shape index (κ1) is 15.1. The first-order valence-corrected chi connectivity index (χ1v) is 8.62. The van der Waals surface area contributed by atoms with Gasteiger partial charge in [-0.25, -0.2) is 4.98 Å². The van der Waals surface area contributed by atoms with Gasteiger partial charge in [-0.15, -0.1) is 0 Å². The van der Waals surface area contributed by atoms with Crippen LogP contribution in [0, 0.1) is 6.92 Å². The van der Waals surface area contributed by atoms with Crippen molar-refractivity contribution in [3.63, 3.8) is 0 Å². The van der Waals surface area contributed by atoms with Gasteiger partial charge in [0.05, 0.1) is 6.04 Å². The number of fused-ring (bicyclic) bond motifs is 1. The van der Waals surface area contributed by atoms with Gasteiger partial charge in [0.1, 0.15) is 11.3 Å². The van der Waals surface area contributed by atoms with Crippen LogP contribution < -0.4 is 5.56 Å². The Bertz CT molecular complexity index is 904. The molecule has 0 atom stereocenters. The molecule has 1 fully saturated rings. The van der Waals surface area contributed by atoms with Crippen LogP contribution in [0.25, 0.3) is 22.9 Å². The highest BCUT2D eigenvalue weighted by Gasteiger charge is 2.28. The number of aromatic amines is 1. The molecule has 3 aliphatic rings. The van der Waals surface area contributed by atoms with Crippen molar-refractivity contribution in [1.82, 2.24) is 24.7 Å². The molecule has 0 amide bonds. The van der Waals surface area contributed by atoms with Gasteiger partial charge < -0.3 is 0 Å². The van der Waals surface area contributed by atoms with Gasteiger partial charge in [0.2, 0.25) is 0 Å². The van der Waals surface area contributed by atoms with Gasteiger partial charge in [0, 0.05) is 11.9 Å². The van der Waals surface area contributed by atoms with E-state index in [-0.39, 0.29) is 5.56 Å². The molecule has 3 heterocycles. The third-order valence-corrected chi connectivity index (χ3v) is 4.91. The summed E-state index contributed by atoms with van der Waals surface area (Å²) in [5.41, 5.74) is 2.97. The van der Waals surface area contributed by atoms with Crippen molar-refractivity contribution in [1.29, 1.82) is 0 Å². The van der Waals surface area contributed by atoms with Crippen molar-refractivity contribution in [2.45, 2.75) is 52.0 Å². The molecular weight excluding hydrogens is 302 g/mol. The Balaban J connectivity index is 1.95. The fraction of sp³-hybridized carbons (Fsp3) is 0.444. The minimum absolute atomic E-state index is 0.218. The maximum atomic E-state index is 12.7. The molecule has 1 aromatic rings. The lowest BCUT2D eigenvalue weighted by Gasteiger charge is -2.14. The van der Waals surface area contributed by atoms with Crippen molar-refractivity contribution in [3.8, 4) is 22.9 Å². The molecule has 0 bridgehead atoms. The molecule has 0 aromatic carbocycles. The van der Waals surface area contributed by atoms with E-state index in [1.54, 1.807) is 6.20 Å². The fourth-order valence-corrected chi connectivity index (χ4v) is 3.63. The zero-order chi connectivity index (χ0) is 16.7. The highest BCUT2D eigenvalue weighted by atomic mass is 16.1. The molecule has 0 radical (unpaired) electrons. The summed E-state index contributed by atoms with van der Waals surface area (Å²) < 4.78 is 2.09. The summed E-state index contributed by atoms with van der Waals surface area (Å²) >= 11 is 0. The number of aromatic nitrogens is 5. The molecule has 4 rings (SSSR count). The van der Waals surface area contributed by atoms with Crippen LogP contribution in [0.3, 0.4) is 0 Å². The van der Waals surface area contributed by atoms with Crippen LogP contribution in [0.1, 0.15) is 49.9 Å². The van der Waals surface area contributed by atoms with Gasteiger partial charge >= 0.3 is 0 Å². The highest BCUT2D eigenvalue weighted by molar-refractivity contribution is 5.64. The lowest BCUT2D eigenvalue weighted by Crippen LogP contribution is -2.17. The molecule has 1 saturated carbocycles. The molecular formula is C18H21N5O. The van der Waals surface area contributed by atoms with Gasteiger partial charge in [-0.1, -0.05) is 25.8 Å². The van der Waals surface area contributed by atoms with E-state index in [9.17, 15) is 4.79 Å². The van der Waals surface area contributed by atoms with Crippen molar-refractivity contribution in [2.24, 2.45) is 0 Å². The Labute approximate surface area is 140 Å². The van der Waals surface area contributed by atoms with E-state index < -0.39 is 0 Å². The molecule has 0 saturated heterocycles. The van der Waals surface area contributed by atoms with Crippen LogP contribution >= 0.6 is 0 Å². The van der Waals surface area contributed by atoms with Crippen molar-refractivity contribution < 1.29 is 0 Å². The van der Waals surface area contributed by atoms with Gasteiger partial charge in [0.15, 0.2) is 11.6 Å². The minimum atomic E-state index is -0.218. The molecule has 1 N–H and O–H groups in total. The number of rotatable bonds is 3. The van der Waals surface area contributed by atoms with Crippen molar-refractivity contribution in [2.75, 3.05) is 0 Å². The average molecular weight is 323 g/mol. The van der Waals surface area contributed by atoms with Gasteiger partial charge in [-0.05, 0) is 37.8 Å². The Kier molecular flexibility index (Phi) is 3.67. The summed E-state index contributed by atoms with van der Waals surface area (Å²) in [4.78, 5) is 26.0. The summed E-state index contributed by atoms with van der Waals surface area (Å²) in [6.45, 7) is 4.00. The van der Waals surface area contributed by atoms with E-state index in [1.807, 2.05) is 26.0 Å². The topological polar surface area (TPSA) is 76.5 Å². The zero-order valence-corrected chi connectivity index (χ0v) is 14.0. The molecule has 6 nitrogen and oxygen atoms in total. The quantitative estimate of drug-likeness (QED) is 0.803. The largest absolute Gasteiger partial charge is 0.300 e. The molecule has 0 spiro atoms. The molecule has 6 heteroatoms. The first-order valence-electron chi connectivity index (χ1n) is 8.62. The molecule has 1 aromatic heterocycles. The number of H-pyrrole nitrogens is 1. The smallest absolute Gasteiger partial charge is 0.284 e. The SMILES string of the molecule is CCc1[nH]n(C2CCCC2)c2nc(-c3ncccc3C)nc(=O)c1-2. The summed E-state index contributed by atoms with van der Waals surface area (Å²) in [6, 6.07) is 4.22. The van der Waals surface area contributed by atoms with Crippen LogP contribution in [0.5, 0.6) is 0 Å². The number of nitrogens with one attached hydrogen (secondary N) is 1. The van der Waals surface area contributed by atoms with Crippen LogP contribution in [0.15, 0.2) is 23.1 Å². The van der Waals surface area contributed by atoms with E-state index >= 15 is 0 Å². The first-order chi connectivity index (χ1) is 11.7. The number of hydrogen-bond acceptors (Lipinski definition) is 4. The maximum absolute atomic E-state index is 12.7. The molecule has 0 unspecified atom stereocenters. The third kappa shape index (κ3) is 2.33. The van der Waals surface area contributed by atoms with Crippen molar-refractivity contribution >= 4 is 0 Å². The Hall–Kier alpha value is -2.50. The van der Waals surface area contributed by atoms with E-state index in [2.05, 4.69) is 19.7 Å². The van der Waals surface area contributed by atoms with Crippen LogP contribution in [0.4, 0.5) is 0 Å². The molecule has 24 heavy (non-hydrogen) atoms. The van der Waals surface area contributed by atoms with E-state index in [0.717, 1.165) is 36.3 Å². The molecule has 124 valence electrons. The summed E-state index contributed by atoms with van der Waals surface area (Å²) in [5.74, 6) is 1.14. The molecule has 1 aliphatic carbocycles. The normalized spacial score (nSPS) is 15.4. The van der Waals surface area contributed by atoms with E-state index in [0.29, 0.717) is 23.1 Å². The average Bonchev–Trinajstić information content (AvgIpc) is 3.22. The van der Waals surface area contributed by atoms with E-state index in [4.69, 9.17) is 4.98 Å². The molecule has 2 aliphatic heterocycles. The fourth-order valence-electron chi connectivity index (χ4n) is 3.63. The van der Waals surface area contributed by atoms with Gasteiger partial charge in [-0.2, -0.15) is 4.98 Å². The minimum Gasteiger partial charge on any atom is -0.300 e. The number of hydrogen-bond donors (Lipinski definition) is 1.